The zero-order valence-corrected chi connectivity index (χ0v) is 13.1. The molecule has 2 N–H and O–H groups in total. The lowest BCUT2D eigenvalue weighted by Gasteiger charge is -2.05. The van der Waals surface area contributed by atoms with E-state index in [1.54, 1.807) is 0 Å². The highest BCUT2D eigenvalue weighted by Crippen LogP contribution is 2.28. The first-order valence-electron chi connectivity index (χ1n) is 8.10. The molecular weight excluding hydrogens is 280 g/mol. The number of hydrogen-bond donors (Lipinski definition) is 2. The molecule has 0 aliphatic rings. The number of phenolic OH excluding ortho intramolecular Hbond substituents is 2. The van der Waals surface area contributed by atoms with E-state index in [0.717, 1.165) is 18.9 Å². The lowest BCUT2D eigenvalue weighted by atomic mass is 10.1. The van der Waals surface area contributed by atoms with Crippen molar-refractivity contribution in [2.24, 2.45) is 0 Å². The fourth-order valence-corrected chi connectivity index (χ4v) is 2.68. The number of fused-ring (bicyclic) bond motifs is 1. The number of hydrogen-bond acceptors (Lipinski definition) is 4. The second kappa shape index (κ2) is 7.87. The van der Waals surface area contributed by atoms with Crippen molar-refractivity contribution in [2.75, 3.05) is 0 Å². The van der Waals surface area contributed by atoms with Crippen molar-refractivity contribution in [3.63, 3.8) is 0 Å². The lowest BCUT2D eigenvalue weighted by molar-refractivity contribution is 0.449. The number of aryl methyl sites for hydroxylation is 1. The predicted octanol–water partition coefficient (Wildman–Crippen LogP) is 4.50. The maximum absolute atomic E-state index is 12.0. The molecule has 2 aromatic rings. The van der Waals surface area contributed by atoms with Gasteiger partial charge in [0.25, 0.3) is 0 Å². The summed E-state index contributed by atoms with van der Waals surface area (Å²) >= 11 is 0. The van der Waals surface area contributed by atoms with Gasteiger partial charge in [0.15, 0.2) is 5.43 Å². The Balaban J connectivity index is 1.96. The molecule has 22 heavy (non-hydrogen) atoms. The first kappa shape index (κ1) is 16.4. The minimum absolute atomic E-state index is 0.110. The largest absolute Gasteiger partial charge is 0.508 e. The fourth-order valence-electron chi connectivity index (χ4n) is 2.68. The molecule has 0 saturated heterocycles. The SMILES string of the molecule is CCCCCCCCCc1cc(=O)c2c(O)cc(O)cc2o1. The van der Waals surface area contributed by atoms with Gasteiger partial charge >= 0.3 is 0 Å². The molecular formula is C18H24O4. The van der Waals surface area contributed by atoms with E-state index in [2.05, 4.69) is 6.92 Å². The van der Waals surface area contributed by atoms with E-state index >= 15 is 0 Å². The Bertz CT molecular complexity index is 673. The Morgan fingerprint density at radius 3 is 2.36 bits per heavy atom. The van der Waals surface area contributed by atoms with Gasteiger partial charge in [0.1, 0.15) is 28.2 Å². The highest BCUT2D eigenvalue weighted by molar-refractivity contribution is 5.84. The molecule has 0 aliphatic heterocycles. The molecule has 0 fully saturated rings. The lowest BCUT2D eigenvalue weighted by Crippen LogP contribution is -2.02. The van der Waals surface area contributed by atoms with E-state index in [1.807, 2.05) is 0 Å². The van der Waals surface area contributed by atoms with Gasteiger partial charge in [0, 0.05) is 24.6 Å². The summed E-state index contributed by atoms with van der Waals surface area (Å²) in [4.78, 5) is 12.0. The summed E-state index contributed by atoms with van der Waals surface area (Å²) in [6.45, 7) is 2.21. The van der Waals surface area contributed by atoms with Crippen molar-refractivity contribution >= 4 is 11.0 Å². The van der Waals surface area contributed by atoms with Crippen LogP contribution in [0.1, 0.15) is 57.6 Å². The quantitative estimate of drug-likeness (QED) is 0.704. The van der Waals surface area contributed by atoms with Gasteiger partial charge in [-0.3, -0.25) is 4.79 Å². The van der Waals surface area contributed by atoms with Gasteiger partial charge in [-0.25, -0.2) is 0 Å². The van der Waals surface area contributed by atoms with Crippen molar-refractivity contribution in [3.05, 3.63) is 34.2 Å². The molecule has 0 spiro atoms. The monoisotopic (exact) mass is 304 g/mol. The van der Waals surface area contributed by atoms with Crippen LogP contribution in [0.15, 0.2) is 27.4 Å². The number of aromatic hydroxyl groups is 2. The summed E-state index contributed by atoms with van der Waals surface area (Å²) in [5, 5.41) is 19.3. The van der Waals surface area contributed by atoms with Gasteiger partial charge < -0.3 is 14.6 Å². The molecule has 0 saturated carbocycles. The van der Waals surface area contributed by atoms with Crippen LogP contribution >= 0.6 is 0 Å². The van der Waals surface area contributed by atoms with Crippen LogP contribution in [-0.2, 0) is 6.42 Å². The van der Waals surface area contributed by atoms with Gasteiger partial charge in [0.05, 0.1) is 0 Å². The predicted molar refractivity (Wildman–Crippen MR) is 87.5 cm³/mol. The van der Waals surface area contributed by atoms with Crippen LogP contribution in [0.3, 0.4) is 0 Å². The third kappa shape index (κ3) is 4.26. The summed E-state index contributed by atoms with van der Waals surface area (Å²) in [7, 11) is 0. The fraction of sp³-hybridized carbons (Fsp3) is 0.500. The normalized spacial score (nSPS) is 11.1. The third-order valence-corrected chi connectivity index (χ3v) is 3.87. The Kier molecular flexibility index (Phi) is 5.87. The van der Waals surface area contributed by atoms with E-state index in [1.165, 1.54) is 44.2 Å². The van der Waals surface area contributed by atoms with Crippen molar-refractivity contribution in [2.45, 2.75) is 58.3 Å². The number of benzene rings is 1. The van der Waals surface area contributed by atoms with E-state index in [9.17, 15) is 15.0 Å². The maximum atomic E-state index is 12.0. The molecule has 2 rings (SSSR count). The van der Waals surface area contributed by atoms with Crippen molar-refractivity contribution in [3.8, 4) is 11.5 Å². The zero-order valence-electron chi connectivity index (χ0n) is 13.1. The summed E-state index contributed by atoms with van der Waals surface area (Å²) in [6, 6.07) is 3.95. The van der Waals surface area contributed by atoms with Crippen LogP contribution in [0.5, 0.6) is 11.5 Å². The first-order chi connectivity index (χ1) is 10.6. The molecule has 1 heterocycles. The van der Waals surface area contributed by atoms with Crippen LogP contribution in [-0.4, -0.2) is 10.2 Å². The third-order valence-electron chi connectivity index (χ3n) is 3.87. The Morgan fingerprint density at radius 1 is 0.955 bits per heavy atom. The number of phenols is 2. The summed E-state index contributed by atoms with van der Waals surface area (Å²) in [5.74, 6) is 0.253. The van der Waals surface area contributed by atoms with Crippen molar-refractivity contribution in [1.82, 2.24) is 0 Å². The summed E-state index contributed by atoms with van der Waals surface area (Å²) in [5.41, 5.74) is -0.0281. The van der Waals surface area contributed by atoms with Gasteiger partial charge in [0.2, 0.25) is 0 Å². The van der Waals surface area contributed by atoms with Gasteiger partial charge in [-0.15, -0.1) is 0 Å². The average Bonchev–Trinajstić information content (AvgIpc) is 2.45. The van der Waals surface area contributed by atoms with E-state index in [0.29, 0.717) is 12.2 Å². The number of rotatable bonds is 8. The highest BCUT2D eigenvalue weighted by Gasteiger charge is 2.10. The second-order valence-electron chi connectivity index (χ2n) is 5.79. The van der Waals surface area contributed by atoms with Crippen molar-refractivity contribution < 1.29 is 14.6 Å². The Labute approximate surface area is 130 Å². The van der Waals surface area contributed by atoms with E-state index < -0.39 is 0 Å². The van der Waals surface area contributed by atoms with Gasteiger partial charge in [-0.2, -0.15) is 0 Å². The zero-order chi connectivity index (χ0) is 15.9. The molecule has 0 aliphatic carbocycles. The molecule has 1 aromatic heterocycles. The van der Waals surface area contributed by atoms with Crippen LogP contribution in [0.2, 0.25) is 0 Å². The van der Waals surface area contributed by atoms with Gasteiger partial charge in [-0.05, 0) is 6.42 Å². The second-order valence-corrected chi connectivity index (χ2v) is 5.79. The molecule has 0 unspecified atom stereocenters. The molecule has 4 heteroatoms. The van der Waals surface area contributed by atoms with Gasteiger partial charge in [-0.1, -0.05) is 45.4 Å². The van der Waals surface area contributed by atoms with E-state index in [4.69, 9.17) is 4.42 Å². The average molecular weight is 304 g/mol. The minimum Gasteiger partial charge on any atom is -0.508 e. The minimum atomic E-state index is -0.267. The molecule has 4 nitrogen and oxygen atoms in total. The summed E-state index contributed by atoms with van der Waals surface area (Å²) in [6.07, 6.45) is 9.11. The molecule has 0 atom stereocenters. The summed E-state index contributed by atoms with van der Waals surface area (Å²) < 4.78 is 5.63. The standard InChI is InChI=1S/C18H24O4/c1-2-3-4-5-6-7-8-9-14-12-16(21)18-15(20)10-13(19)11-17(18)22-14/h10-12,19-20H,2-9H2,1H3. The Hall–Kier alpha value is -1.97. The maximum Gasteiger partial charge on any atom is 0.196 e. The smallest absolute Gasteiger partial charge is 0.196 e. The Morgan fingerprint density at radius 2 is 1.64 bits per heavy atom. The molecule has 0 radical (unpaired) electrons. The van der Waals surface area contributed by atoms with E-state index in [-0.39, 0.29) is 27.9 Å². The topological polar surface area (TPSA) is 70.7 Å². The molecule has 120 valence electrons. The van der Waals surface area contributed by atoms with Crippen LogP contribution in [0, 0.1) is 0 Å². The molecule has 0 bridgehead atoms. The van der Waals surface area contributed by atoms with Crippen LogP contribution in [0.4, 0.5) is 0 Å². The number of unbranched alkanes of at least 4 members (excludes halogenated alkanes) is 6. The first-order valence-corrected chi connectivity index (χ1v) is 8.10. The molecule has 1 aromatic carbocycles. The van der Waals surface area contributed by atoms with Crippen LogP contribution < -0.4 is 5.43 Å². The highest BCUT2D eigenvalue weighted by atomic mass is 16.3. The molecule has 0 amide bonds. The van der Waals surface area contributed by atoms with Crippen molar-refractivity contribution in [1.29, 1.82) is 0 Å². The van der Waals surface area contributed by atoms with Crippen LogP contribution in [0.25, 0.3) is 11.0 Å².